The maximum absolute atomic E-state index is 5.88. The van der Waals surface area contributed by atoms with Crippen molar-refractivity contribution in [2.24, 2.45) is 0 Å². The van der Waals surface area contributed by atoms with Crippen molar-refractivity contribution in [3.05, 3.63) is 18.7 Å². The molecule has 0 spiro atoms. The third kappa shape index (κ3) is 1.94. The van der Waals surface area contributed by atoms with Crippen molar-refractivity contribution in [2.45, 2.75) is 45.3 Å². The number of imidazole rings is 1. The molecule has 1 N–H and O–H groups in total. The van der Waals surface area contributed by atoms with Gasteiger partial charge in [-0.1, -0.05) is 0 Å². The van der Waals surface area contributed by atoms with Gasteiger partial charge >= 0.3 is 7.12 Å². The van der Waals surface area contributed by atoms with Crippen molar-refractivity contribution in [3.63, 3.8) is 0 Å². The van der Waals surface area contributed by atoms with Crippen LogP contribution in [0, 0.1) is 0 Å². The molecule has 82 valence electrons. The number of H-pyrrole nitrogens is 1. The summed E-state index contributed by atoms with van der Waals surface area (Å²) in [6.07, 6.45) is 6.46. The van der Waals surface area contributed by atoms with Crippen LogP contribution in [0.3, 0.4) is 0 Å². The molecule has 2 rings (SSSR count). The molecular formula is C10H18BN2O2+. The van der Waals surface area contributed by atoms with Crippen LogP contribution in [0.1, 0.15) is 27.7 Å². The number of rotatable bonds is 2. The molecule has 0 atom stereocenters. The van der Waals surface area contributed by atoms with Crippen LogP contribution >= 0.6 is 0 Å². The summed E-state index contributed by atoms with van der Waals surface area (Å²) >= 11 is 0. The highest BCUT2D eigenvalue weighted by Gasteiger charge is 2.51. The summed E-state index contributed by atoms with van der Waals surface area (Å²) in [4.78, 5) is 3.00. The molecule has 5 heteroatoms. The third-order valence-corrected chi connectivity index (χ3v) is 3.26. The summed E-state index contributed by atoms with van der Waals surface area (Å²) in [5, 5.41) is 0. The van der Waals surface area contributed by atoms with E-state index in [2.05, 4.69) is 32.7 Å². The number of nitrogens with zero attached hydrogens (tertiary/aromatic N) is 1. The monoisotopic (exact) mass is 209 g/mol. The van der Waals surface area contributed by atoms with Crippen LogP contribution < -0.4 is 4.57 Å². The molecule has 1 saturated heterocycles. The molecule has 2 heterocycles. The van der Waals surface area contributed by atoms with Gasteiger partial charge in [-0.2, -0.15) is 0 Å². The molecule has 15 heavy (non-hydrogen) atoms. The van der Waals surface area contributed by atoms with Crippen molar-refractivity contribution in [2.75, 3.05) is 0 Å². The highest BCUT2D eigenvalue weighted by atomic mass is 16.7. The molecule has 0 radical (unpaired) electrons. The van der Waals surface area contributed by atoms with E-state index in [4.69, 9.17) is 9.31 Å². The minimum atomic E-state index is -0.242. The van der Waals surface area contributed by atoms with Crippen molar-refractivity contribution in [1.82, 2.24) is 4.98 Å². The van der Waals surface area contributed by atoms with Gasteiger partial charge in [-0.25, -0.2) is 4.57 Å². The van der Waals surface area contributed by atoms with Gasteiger partial charge < -0.3 is 9.31 Å². The van der Waals surface area contributed by atoms with E-state index in [1.54, 1.807) is 0 Å². The number of aromatic amines is 1. The standard InChI is InChI=1S/C10H17BN2O2/c1-9(2)10(3,4)15-11(14-9)7-13-6-5-12-8-13/h5-6,8H,7H2,1-4H3/p+1. The Morgan fingerprint density at radius 1 is 1.20 bits per heavy atom. The lowest BCUT2D eigenvalue weighted by molar-refractivity contribution is -0.681. The van der Waals surface area contributed by atoms with Crippen LogP contribution in [0.15, 0.2) is 18.7 Å². The highest BCUT2D eigenvalue weighted by Crippen LogP contribution is 2.36. The van der Waals surface area contributed by atoms with Gasteiger partial charge in [-0.15, -0.1) is 0 Å². The van der Waals surface area contributed by atoms with Crippen LogP contribution in [0.4, 0.5) is 0 Å². The molecule has 0 aromatic carbocycles. The van der Waals surface area contributed by atoms with E-state index in [9.17, 15) is 0 Å². The van der Waals surface area contributed by atoms with Crippen LogP contribution in [-0.4, -0.2) is 23.3 Å². The highest BCUT2D eigenvalue weighted by molar-refractivity contribution is 6.43. The largest absolute Gasteiger partial charge is 0.502 e. The lowest BCUT2D eigenvalue weighted by Gasteiger charge is -2.32. The lowest BCUT2D eigenvalue weighted by Crippen LogP contribution is -2.41. The Balaban J connectivity index is 2.04. The zero-order valence-corrected chi connectivity index (χ0v) is 9.78. The summed E-state index contributed by atoms with van der Waals surface area (Å²) < 4.78 is 13.8. The van der Waals surface area contributed by atoms with Crippen LogP contribution in [0.5, 0.6) is 0 Å². The fourth-order valence-corrected chi connectivity index (χ4v) is 1.65. The molecule has 1 aliphatic rings. The summed E-state index contributed by atoms with van der Waals surface area (Å²) in [5.74, 6) is 0. The summed E-state index contributed by atoms with van der Waals surface area (Å²) in [6, 6.07) is 0. The fraction of sp³-hybridized carbons (Fsp3) is 0.700. The molecule has 0 bridgehead atoms. The van der Waals surface area contributed by atoms with E-state index < -0.39 is 0 Å². The Hall–Kier alpha value is -0.805. The second-order valence-corrected chi connectivity index (χ2v) is 4.99. The van der Waals surface area contributed by atoms with Gasteiger partial charge in [0.15, 0.2) is 0 Å². The predicted octanol–water partition coefficient (Wildman–Crippen LogP) is 0.934. The molecular weight excluding hydrogens is 191 g/mol. The second-order valence-electron chi connectivity index (χ2n) is 4.99. The smallest absolute Gasteiger partial charge is 0.401 e. The first kappa shape index (κ1) is 10.7. The molecule has 4 nitrogen and oxygen atoms in total. The van der Waals surface area contributed by atoms with E-state index in [1.807, 2.05) is 23.3 Å². The van der Waals surface area contributed by atoms with E-state index in [0.717, 1.165) is 6.44 Å². The molecule has 1 fully saturated rings. The van der Waals surface area contributed by atoms with Crippen molar-refractivity contribution in [3.8, 4) is 0 Å². The van der Waals surface area contributed by atoms with Gasteiger partial charge in [0.25, 0.3) is 0 Å². The number of hydrogen-bond acceptors (Lipinski definition) is 2. The van der Waals surface area contributed by atoms with Gasteiger partial charge in [-0.3, -0.25) is 4.98 Å². The normalized spacial score (nSPS) is 23.3. The molecule has 1 aliphatic heterocycles. The Bertz CT molecular complexity index is 319. The lowest BCUT2D eigenvalue weighted by atomic mass is 9.90. The maximum atomic E-state index is 5.88. The van der Waals surface area contributed by atoms with Crippen molar-refractivity contribution in [1.29, 1.82) is 0 Å². The van der Waals surface area contributed by atoms with E-state index in [0.29, 0.717) is 0 Å². The third-order valence-electron chi connectivity index (χ3n) is 3.26. The molecule has 0 saturated carbocycles. The quantitative estimate of drug-likeness (QED) is 0.581. The first-order chi connectivity index (χ1) is 6.91. The minimum Gasteiger partial charge on any atom is -0.401 e. The van der Waals surface area contributed by atoms with E-state index >= 15 is 0 Å². The minimum absolute atomic E-state index is 0.171. The fourth-order valence-electron chi connectivity index (χ4n) is 1.65. The molecule has 1 aromatic heterocycles. The van der Waals surface area contributed by atoms with Gasteiger partial charge in [0.2, 0.25) is 6.33 Å². The predicted molar refractivity (Wildman–Crippen MR) is 57.1 cm³/mol. The second kappa shape index (κ2) is 3.35. The number of aromatic nitrogens is 2. The summed E-state index contributed by atoms with van der Waals surface area (Å²) in [6.45, 7) is 8.26. The number of nitrogens with one attached hydrogen (secondary N) is 1. The average molecular weight is 209 g/mol. The van der Waals surface area contributed by atoms with Gasteiger partial charge in [0.05, 0.1) is 11.2 Å². The van der Waals surface area contributed by atoms with Crippen LogP contribution in [0.2, 0.25) is 0 Å². The maximum Gasteiger partial charge on any atom is 0.502 e. The van der Waals surface area contributed by atoms with Gasteiger partial charge in [0.1, 0.15) is 18.8 Å². The average Bonchev–Trinajstić information content (AvgIpc) is 2.59. The summed E-state index contributed by atoms with van der Waals surface area (Å²) in [7, 11) is -0.171. The zero-order chi connectivity index (χ0) is 11.1. The first-order valence-electron chi connectivity index (χ1n) is 5.28. The van der Waals surface area contributed by atoms with Crippen molar-refractivity contribution >= 4 is 7.12 Å². The van der Waals surface area contributed by atoms with Crippen LogP contribution in [0.25, 0.3) is 0 Å². The van der Waals surface area contributed by atoms with Gasteiger partial charge in [-0.05, 0) is 27.7 Å². The molecule has 0 aliphatic carbocycles. The number of hydrogen-bond donors (Lipinski definition) is 1. The Morgan fingerprint density at radius 3 is 2.27 bits per heavy atom. The molecule has 0 amide bonds. The Morgan fingerprint density at radius 2 is 1.80 bits per heavy atom. The molecule has 1 aromatic rings. The molecule has 0 unspecified atom stereocenters. The summed E-state index contributed by atoms with van der Waals surface area (Å²) in [5.41, 5.74) is -0.483. The van der Waals surface area contributed by atoms with Gasteiger partial charge in [0, 0.05) is 0 Å². The van der Waals surface area contributed by atoms with Crippen molar-refractivity contribution < 1.29 is 13.9 Å². The van der Waals surface area contributed by atoms with Crippen LogP contribution in [-0.2, 0) is 15.8 Å². The SMILES string of the molecule is CC1(C)OB(C[n+]2cc[nH]c2)OC1(C)C. The topological polar surface area (TPSA) is 38.1 Å². The zero-order valence-electron chi connectivity index (χ0n) is 9.78. The van der Waals surface area contributed by atoms with E-state index in [-0.39, 0.29) is 18.3 Å². The Labute approximate surface area is 90.7 Å². The van der Waals surface area contributed by atoms with E-state index in [1.165, 1.54) is 0 Å². The first-order valence-corrected chi connectivity index (χ1v) is 5.28. The Kier molecular flexibility index (Phi) is 2.39.